The molecule has 110 valence electrons. The molecule has 0 atom stereocenters. The number of nitrogens with zero attached hydrogens (tertiary/aromatic N) is 2. The van der Waals surface area contributed by atoms with Gasteiger partial charge in [0.15, 0.2) is 0 Å². The smallest absolute Gasteiger partial charge is 0.266 e. The minimum absolute atomic E-state index is 0.00559. The Kier molecular flexibility index (Phi) is 5.26. The van der Waals surface area contributed by atoms with Gasteiger partial charge in [0.25, 0.3) is 5.56 Å². The first-order valence-electron chi connectivity index (χ1n) is 6.99. The van der Waals surface area contributed by atoms with Crippen LogP contribution in [-0.4, -0.2) is 22.2 Å². The summed E-state index contributed by atoms with van der Waals surface area (Å²) >= 11 is 0. The molecule has 1 aromatic carbocycles. The highest BCUT2D eigenvalue weighted by molar-refractivity contribution is 5.78. The maximum absolute atomic E-state index is 11.8. The molecule has 0 saturated heterocycles. The summed E-state index contributed by atoms with van der Waals surface area (Å²) in [6.45, 7) is 3.05. The zero-order valence-electron chi connectivity index (χ0n) is 12.1. The summed E-state index contributed by atoms with van der Waals surface area (Å²) in [4.78, 5) is 23.2. The lowest BCUT2D eigenvalue weighted by Gasteiger charge is -2.06. The van der Waals surface area contributed by atoms with E-state index in [1.165, 1.54) is 10.7 Å². The maximum atomic E-state index is 11.8. The molecular weight excluding hydrogens is 266 g/mol. The molecular formula is C16H19N3O2. The number of amides is 1. The monoisotopic (exact) mass is 285 g/mol. The molecule has 5 nitrogen and oxygen atoms in total. The number of carbonyl (C=O) groups is 1. The molecule has 1 amide bonds. The summed E-state index contributed by atoms with van der Waals surface area (Å²) in [7, 11) is 0. The van der Waals surface area contributed by atoms with Crippen LogP contribution in [0.2, 0.25) is 0 Å². The number of rotatable bonds is 6. The second-order valence-corrected chi connectivity index (χ2v) is 4.95. The lowest BCUT2D eigenvalue weighted by molar-refractivity contribution is -0.120. The number of aryl methyl sites for hydroxylation is 2. The Labute approximate surface area is 123 Å². The highest BCUT2D eigenvalue weighted by atomic mass is 16.1. The molecule has 0 aliphatic heterocycles. The van der Waals surface area contributed by atoms with Crippen LogP contribution in [0.15, 0.2) is 47.4 Å². The van der Waals surface area contributed by atoms with Gasteiger partial charge in [-0.25, -0.2) is 4.68 Å². The fraction of sp³-hybridized carbons (Fsp3) is 0.312. The molecule has 0 aliphatic rings. The summed E-state index contributed by atoms with van der Waals surface area (Å²) in [5.41, 5.74) is 2.03. The Balaban J connectivity index is 1.72. The zero-order chi connectivity index (χ0) is 15.1. The molecule has 21 heavy (non-hydrogen) atoms. The van der Waals surface area contributed by atoms with Crippen molar-refractivity contribution in [2.45, 2.75) is 26.3 Å². The van der Waals surface area contributed by atoms with E-state index in [1.54, 1.807) is 12.3 Å². The van der Waals surface area contributed by atoms with Crippen molar-refractivity contribution in [2.24, 2.45) is 0 Å². The second kappa shape index (κ2) is 7.38. The van der Waals surface area contributed by atoms with Crippen molar-refractivity contribution in [3.63, 3.8) is 0 Å². The molecule has 2 rings (SSSR count). The van der Waals surface area contributed by atoms with E-state index in [0.29, 0.717) is 25.9 Å². The molecule has 2 aromatic rings. The first kappa shape index (κ1) is 15.0. The fourth-order valence-electron chi connectivity index (χ4n) is 2.08. The quantitative estimate of drug-likeness (QED) is 0.814. The van der Waals surface area contributed by atoms with E-state index in [2.05, 4.69) is 10.4 Å². The van der Waals surface area contributed by atoms with Gasteiger partial charge in [0.2, 0.25) is 5.91 Å². The number of benzene rings is 1. The fourth-order valence-corrected chi connectivity index (χ4v) is 2.08. The Morgan fingerprint density at radius 3 is 2.90 bits per heavy atom. The molecule has 0 bridgehead atoms. The SMILES string of the molecule is Cc1cccc(CC(=O)NCCCn2ncccc2=O)c1. The topological polar surface area (TPSA) is 64.0 Å². The lowest BCUT2D eigenvalue weighted by atomic mass is 10.1. The van der Waals surface area contributed by atoms with Crippen LogP contribution >= 0.6 is 0 Å². The van der Waals surface area contributed by atoms with E-state index in [0.717, 1.165) is 11.1 Å². The summed E-state index contributed by atoms with van der Waals surface area (Å²) in [5, 5.41) is 6.82. The van der Waals surface area contributed by atoms with Crippen molar-refractivity contribution < 1.29 is 4.79 Å². The normalized spacial score (nSPS) is 10.3. The largest absolute Gasteiger partial charge is 0.356 e. The van der Waals surface area contributed by atoms with Crippen LogP contribution in [0.3, 0.4) is 0 Å². The van der Waals surface area contributed by atoms with Crippen molar-refractivity contribution in [2.75, 3.05) is 6.54 Å². The molecule has 1 aromatic heterocycles. The molecule has 1 heterocycles. The van der Waals surface area contributed by atoms with Crippen LogP contribution in [0.25, 0.3) is 0 Å². The number of nitrogens with one attached hydrogen (secondary N) is 1. The summed E-state index contributed by atoms with van der Waals surface area (Å²) < 4.78 is 1.40. The second-order valence-electron chi connectivity index (χ2n) is 4.95. The molecule has 0 unspecified atom stereocenters. The summed E-state index contributed by atoms with van der Waals surface area (Å²) in [6.07, 6.45) is 2.64. The molecule has 0 saturated carbocycles. The van der Waals surface area contributed by atoms with Gasteiger partial charge in [0.1, 0.15) is 0 Å². The highest BCUT2D eigenvalue weighted by Crippen LogP contribution is 2.04. The number of hydrogen-bond acceptors (Lipinski definition) is 3. The van der Waals surface area contributed by atoms with E-state index in [4.69, 9.17) is 0 Å². The molecule has 0 spiro atoms. The Morgan fingerprint density at radius 1 is 1.29 bits per heavy atom. The molecule has 0 aliphatic carbocycles. The molecule has 5 heteroatoms. The van der Waals surface area contributed by atoms with Gasteiger partial charge in [0.05, 0.1) is 6.42 Å². The first-order chi connectivity index (χ1) is 10.1. The van der Waals surface area contributed by atoms with Crippen LogP contribution in [0.4, 0.5) is 0 Å². The third-order valence-electron chi connectivity index (χ3n) is 3.10. The Morgan fingerprint density at radius 2 is 2.14 bits per heavy atom. The van der Waals surface area contributed by atoms with Gasteiger partial charge in [-0.2, -0.15) is 5.10 Å². The van der Waals surface area contributed by atoms with Gasteiger partial charge in [-0.3, -0.25) is 9.59 Å². The molecule has 0 fully saturated rings. The Hall–Kier alpha value is -2.43. The van der Waals surface area contributed by atoms with Crippen LogP contribution in [0.1, 0.15) is 17.5 Å². The third-order valence-corrected chi connectivity index (χ3v) is 3.10. The average Bonchev–Trinajstić information content (AvgIpc) is 2.45. The van der Waals surface area contributed by atoms with Gasteiger partial charge in [-0.05, 0) is 25.0 Å². The maximum Gasteiger partial charge on any atom is 0.266 e. The Bertz CT molecular complexity index is 664. The van der Waals surface area contributed by atoms with E-state index in [-0.39, 0.29) is 11.5 Å². The van der Waals surface area contributed by atoms with E-state index < -0.39 is 0 Å². The van der Waals surface area contributed by atoms with Crippen molar-refractivity contribution in [1.82, 2.24) is 15.1 Å². The van der Waals surface area contributed by atoms with Gasteiger partial charge >= 0.3 is 0 Å². The predicted octanol–water partition coefficient (Wildman–Crippen LogP) is 1.30. The van der Waals surface area contributed by atoms with Gasteiger partial charge in [-0.15, -0.1) is 0 Å². The van der Waals surface area contributed by atoms with Crippen molar-refractivity contribution >= 4 is 5.91 Å². The number of aromatic nitrogens is 2. The van der Waals surface area contributed by atoms with Crippen LogP contribution in [0, 0.1) is 6.92 Å². The standard InChI is InChI=1S/C16H19N3O2/c1-13-5-2-6-14(11-13)12-15(20)17-8-4-10-19-16(21)7-3-9-18-19/h2-3,5-7,9,11H,4,8,10,12H2,1H3,(H,17,20). The van der Waals surface area contributed by atoms with E-state index >= 15 is 0 Å². The lowest BCUT2D eigenvalue weighted by Crippen LogP contribution is -2.28. The van der Waals surface area contributed by atoms with Crippen LogP contribution in [0.5, 0.6) is 0 Å². The first-order valence-corrected chi connectivity index (χ1v) is 6.99. The zero-order valence-corrected chi connectivity index (χ0v) is 12.1. The van der Waals surface area contributed by atoms with Gasteiger partial charge in [-0.1, -0.05) is 29.8 Å². The van der Waals surface area contributed by atoms with Crippen molar-refractivity contribution in [1.29, 1.82) is 0 Å². The van der Waals surface area contributed by atoms with Crippen molar-refractivity contribution in [3.05, 3.63) is 64.1 Å². The van der Waals surface area contributed by atoms with E-state index in [9.17, 15) is 9.59 Å². The van der Waals surface area contributed by atoms with Crippen LogP contribution < -0.4 is 10.9 Å². The third kappa shape index (κ3) is 4.87. The molecule has 0 radical (unpaired) electrons. The van der Waals surface area contributed by atoms with Gasteiger partial charge in [0, 0.05) is 25.4 Å². The minimum atomic E-state index is -0.122. The summed E-state index contributed by atoms with van der Waals surface area (Å²) in [6, 6.07) is 11.0. The van der Waals surface area contributed by atoms with E-state index in [1.807, 2.05) is 31.2 Å². The van der Waals surface area contributed by atoms with Gasteiger partial charge < -0.3 is 5.32 Å². The van der Waals surface area contributed by atoms with Crippen molar-refractivity contribution in [3.8, 4) is 0 Å². The number of hydrogen-bond donors (Lipinski definition) is 1. The highest BCUT2D eigenvalue weighted by Gasteiger charge is 2.03. The minimum Gasteiger partial charge on any atom is -0.356 e. The average molecular weight is 285 g/mol. The summed E-state index contributed by atoms with van der Waals surface area (Å²) in [5.74, 6) is -0.00559. The number of carbonyl (C=O) groups excluding carboxylic acids is 1. The van der Waals surface area contributed by atoms with Crippen LogP contribution in [-0.2, 0) is 17.8 Å². The predicted molar refractivity (Wildman–Crippen MR) is 81.0 cm³/mol. The molecule has 1 N–H and O–H groups in total.